The molecule has 0 aliphatic heterocycles. The molecule has 0 amide bonds. The van der Waals surface area contributed by atoms with Crippen LogP contribution < -0.4 is 0 Å². The highest BCUT2D eigenvalue weighted by Gasteiger charge is 2.34. The third kappa shape index (κ3) is 2.30. The van der Waals surface area contributed by atoms with E-state index in [2.05, 4.69) is 32.8 Å². The second-order valence-corrected chi connectivity index (χ2v) is 9.25. The average Bonchev–Trinajstić information content (AvgIpc) is 2.85. The molecular weight excluding hydrogens is 409 g/mol. The van der Waals surface area contributed by atoms with Crippen LogP contribution in [0.1, 0.15) is 18.9 Å². The molecule has 0 aromatic carbocycles. The van der Waals surface area contributed by atoms with Crippen molar-refractivity contribution in [3.05, 3.63) is 14.3 Å². The summed E-state index contributed by atoms with van der Waals surface area (Å²) in [6.07, 6.45) is 1.87. The molecule has 1 aliphatic carbocycles. The summed E-state index contributed by atoms with van der Waals surface area (Å²) in [6, 6.07) is 2.11. The van der Waals surface area contributed by atoms with E-state index in [-0.39, 0.29) is 11.2 Å². The van der Waals surface area contributed by atoms with Crippen molar-refractivity contribution in [1.82, 2.24) is 14.8 Å². The van der Waals surface area contributed by atoms with Gasteiger partial charge in [-0.05, 0) is 41.5 Å². The Labute approximate surface area is 126 Å². The fourth-order valence-corrected chi connectivity index (χ4v) is 3.98. The normalized spacial score (nSPS) is 16.1. The SMILES string of the molecule is O=S(=O)(Cl)c1nnc(-c2csc(I)c2)n1C1CC1. The molecule has 1 fully saturated rings. The first-order valence-electron chi connectivity index (χ1n) is 5.11. The van der Waals surface area contributed by atoms with Crippen LogP contribution >= 0.6 is 44.6 Å². The van der Waals surface area contributed by atoms with Crippen molar-refractivity contribution in [2.75, 3.05) is 0 Å². The van der Waals surface area contributed by atoms with Gasteiger partial charge in [0, 0.05) is 27.7 Å². The van der Waals surface area contributed by atoms with E-state index >= 15 is 0 Å². The molecule has 0 atom stereocenters. The van der Waals surface area contributed by atoms with Gasteiger partial charge in [-0.3, -0.25) is 4.57 Å². The van der Waals surface area contributed by atoms with Crippen LogP contribution in [-0.4, -0.2) is 23.2 Å². The Balaban J connectivity index is 2.19. The lowest BCUT2D eigenvalue weighted by atomic mass is 10.3. The molecule has 0 radical (unpaired) electrons. The molecule has 2 aromatic heterocycles. The Hall–Kier alpha value is -0.190. The van der Waals surface area contributed by atoms with Gasteiger partial charge in [-0.25, -0.2) is 8.42 Å². The number of rotatable bonds is 3. The minimum Gasteiger partial charge on any atom is -0.294 e. The number of nitrogens with zero attached hydrogens (tertiary/aromatic N) is 3. The molecule has 0 unspecified atom stereocenters. The minimum atomic E-state index is -3.86. The summed E-state index contributed by atoms with van der Waals surface area (Å²) in [7, 11) is 1.54. The van der Waals surface area contributed by atoms with Crippen molar-refractivity contribution >= 4 is 53.7 Å². The van der Waals surface area contributed by atoms with Crippen molar-refractivity contribution in [3.8, 4) is 11.4 Å². The van der Waals surface area contributed by atoms with E-state index < -0.39 is 9.05 Å². The minimum absolute atomic E-state index is 0.149. The molecule has 2 aromatic rings. The van der Waals surface area contributed by atoms with Gasteiger partial charge in [0.2, 0.25) is 0 Å². The second-order valence-electron chi connectivity index (χ2n) is 3.98. The van der Waals surface area contributed by atoms with E-state index in [4.69, 9.17) is 10.7 Å². The molecule has 3 rings (SSSR count). The fourth-order valence-electron chi connectivity index (χ4n) is 1.73. The predicted molar refractivity (Wildman–Crippen MR) is 77.4 cm³/mol. The Kier molecular flexibility index (Phi) is 3.15. The summed E-state index contributed by atoms with van der Waals surface area (Å²) in [6.45, 7) is 0. The molecule has 1 saturated carbocycles. The molecule has 5 nitrogen and oxygen atoms in total. The predicted octanol–water partition coefficient (Wildman–Crippen LogP) is 2.87. The number of aromatic nitrogens is 3. The number of thiophene rings is 1. The van der Waals surface area contributed by atoms with Gasteiger partial charge in [-0.15, -0.1) is 21.5 Å². The zero-order valence-corrected chi connectivity index (χ0v) is 13.4. The summed E-state index contributed by atoms with van der Waals surface area (Å²) in [5.74, 6) is 0.580. The van der Waals surface area contributed by atoms with Gasteiger partial charge in [0.25, 0.3) is 14.2 Å². The summed E-state index contributed by atoms with van der Waals surface area (Å²) in [4.78, 5) is 0. The third-order valence-electron chi connectivity index (χ3n) is 2.62. The van der Waals surface area contributed by atoms with Crippen LogP contribution in [0.25, 0.3) is 11.4 Å². The fraction of sp³-hybridized carbons (Fsp3) is 0.333. The molecular formula is C9H7ClIN3O2S2. The standard InChI is InChI=1S/C9H7ClIN3O2S2/c10-18(15,16)9-13-12-8(14(9)6-1-2-6)5-3-7(11)17-4-5/h3-4,6H,1-2H2. The van der Waals surface area contributed by atoms with Crippen LogP contribution in [0.3, 0.4) is 0 Å². The second kappa shape index (κ2) is 4.43. The molecule has 0 N–H and O–H groups in total. The Morgan fingerprint density at radius 1 is 1.44 bits per heavy atom. The highest BCUT2D eigenvalue weighted by molar-refractivity contribution is 14.1. The van der Waals surface area contributed by atoms with E-state index in [1.165, 1.54) is 0 Å². The van der Waals surface area contributed by atoms with Crippen LogP contribution in [0.4, 0.5) is 0 Å². The van der Waals surface area contributed by atoms with Gasteiger partial charge in [-0.1, -0.05) is 0 Å². The average molecular weight is 416 g/mol. The third-order valence-corrected chi connectivity index (χ3v) is 5.54. The lowest BCUT2D eigenvalue weighted by Gasteiger charge is -2.05. The maximum Gasteiger partial charge on any atom is 0.296 e. The molecule has 96 valence electrons. The van der Waals surface area contributed by atoms with Gasteiger partial charge >= 0.3 is 0 Å². The number of halogens is 2. The number of hydrogen-bond donors (Lipinski definition) is 0. The molecule has 1 aliphatic rings. The van der Waals surface area contributed by atoms with Crippen molar-refractivity contribution < 1.29 is 8.42 Å². The van der Waals surface area contributed by atoms with Gasteiger partial charge in [0.15, 0.2) is 5.82 Å². The van der Waals surface area contributed by atoms with E-state index in [0.717, 1.165) is 21.3 Å². The topological polar surface area (TPSA) is 64.8 Å². The largest absolute Gasteiger partial charge is 0.296 e. The van der Waals surface area contributed by atoms with E-state index in [9.17, 15) is 8.42 Å². The van der Waals surface area contributed by atoms with Crippen LogP contribution in [0, 0.1) is 2.88 Å². The zero-order valence-electron chi connectivity index (χ0n) is 8.88. The first kappa shape index (κ1) is 12.8. The molecule has 2 heterocycles. The van der Waals surface area contributed by atoms with Crippen molar-refractivity contribution in [2.45, 2.75) is 24.0 Å². The molecule has 0 bridgehead atoms. The van der Waals surface area contributed by atoms with Crippen LogP contribution in [0.15, 0.2) is 16.6 Å². The first-order valence-corrected chi connectivity index (χ1v) is 9.37. The molecule has 0 saturated heterocycles. The van der Waals surface area contributed by atoms with Gasteiger partial charge < -0.3 is 0 Å². The Morgan fingerprint density at radius 2 is 2.17 bits per heavy atom. The Bertz CT molecular complexity index is 705. The van der Waals surface area contributed by atoms with Crippen molar-refractivity contribution in [1.29, 1.82) is 0 Å². The number of hydrogen-bond acceptors (Lipinski definition) is 5. The maximum absolute atomic E-state index is 11.5. The van der Waals surface area contributed by atoms with Crippen LogP contribution in [0.2, 0.25) is 0 Å². The molecule has 18 heavy (non-hydrogen) atoms. The summed E-state index contributed by atoms with van der Waals surface area (Å²) >= 11 is 3.79. The van der Waals surface area contributed by atoms with Gasteiger partial charge in [0.05, 0.1) is 2.88 Å². The summed E-state index contributed by atoms with van der Waals surface area (Å²) in [5, 5.41) is 9.50. The lowest BCUT2D eigenvalue weighted by Crippen LogP contribution is -2.05. The maximum atomic E-state index is 11.5. The highest BCUT2D eigenvalue weighted by Crippen LogP contribution is 2.41. The molecule has 0 spiro atoms. The van der Waals surface area contributed by atoms with E-state index in [1.807, 2.05) is 11.4 Å². The smallest absolute Gasteiger partial charge is 0.294 e. The lowest BCUT2D eigenvalue weighted by molar-refractivity contribution is 0.579. The van der Waals surface area contributed by atoms with Crippen LogP contribution in [-0.2, 0) is 9.05 Å². The summed E-state index contributed by atoms with van der Waals surface area (Å²) in [5.41, 5.74) is 0.885. The van der Waals surface area contributed by atoms with Crippen molar-refractivity contribution in [3.63, 3.8) is 0 Å². The van der Waals surface area contributed by atoms with Crippen molar-refractivity contribution in [2.24, 2.45) is 0 Å². The quantitative estimate of drug-likeness (QED) is 0.571. The van der Waals surface area contributed by atoms with E-state index in [1.54, 1.807) is 15.9 Å². The Morgan fingerprint density at radius 3 is 2.67 bits per heavy atom. The van der Waals surface area contributed by atoms with Gasteiger partial charge in [-0.2, -0.15) is 0 Å². The zero-order chi connectivity index (χ0) is 12.9. The monoisotopic (exact) mass is 415 g/mol. The first-order chi connectivity index (χ1) is 8.47. The molecule has 9 heteroatoms. The van der Waals surface area contributed by atoms with E-state index in [0.29, 0.717) is 5.82 Å². The van der Waals surface area contributed by atoms with Crippen LogP contribution in [0.5, 0.6) is 0 Å². The summed E-state index contributed by atoms with van der Waals surface area (Å²) < 4.78 is 25.7. The van der Waals surface area contributed by atoms with Gasteiger partial charge in [0.1, 0.15) is 0 Å². The highest BCUT2D eigenvalue weighted by atomic mass is 127.